The summed E-state index contributed by atoms with van der Waals surface area (Å²) in [6.45, 7) is 10.4. The molecule has 39 heteroatoms. The van der Waals surface area contributed by atoms with Crippen LogP contribution in [0.5, 0.6) is 23.0 Å². The van der Waals surface area contributed by atoms with Crippen molar-refractivity contribution in [2.45, 2.75) is 36.3 Å². The molecule has 20 rings (SSSR count). The van der Waals surface area contributed by atoms with Crippen LogP contribution in [0.1, 0.15) is 11.1 Å². The van der Waals surface area contributed by atoms with Gasteiger partial charge in [-0.3, -0.25) is 34.3 Å². The number of nitrogens with zero attached hydrogens (tertiary/aromatic N) is 15. The van der Waals surface area contributed by atoms with Crippen molar-refractivity contribution < 1.29 is 79.0 Å². The zero-order valence-electron chi connectivity index (χ0n) is 68.0. The number of likely N-dealkylation sites (tertiary alicyclic amines) is 3. The molecular formula is C85H79Cl2F5N20O12. The Kier molecular flexibility index (Phi) is 22.0. The first-order valence-electron chi connectivity index (χ1n) is 38.8. The number of rotatable bonds is 16. The third-order valence-corrected chi connectivity index (χ3v) is 22.9. The minimum atomic E-state index is -0.939. The highest BCUT2D eigenvalue weighted by atomic mass is 35.5. The van der Waals surface area contributed by atoms with Crippen molar-refractivity contribution in [2.75, 3.05) is 169 Å². The monoisotopic (exact) mass is 1740 g/mol. The first kappa shape index (κ1) is 83.0. The van der Waals surface area contributed by atoms with Crippen LogP contribution >= 0.6 is 23.2 Å². The van der Waals surface area contributed by atoms with Crippen LogP contribution in [0, 0.1) is 42.9 Å². The maximum absolute atomic E-state index is 14.5. The van der Waals surface area contributed by atoms with Gasteiger partial charge in [-0.15, -0.1) is 0 Å². The zero-order chi connectivity index (χ0) is 87.0. The molecule has 0 saturated carbocycles. The van der Waals surface area contributed by atoms with E-state index in [-0.39, 0.29) is 28.8 Å². The van der Waals surface area contributed by atoms with Crippen molar-refractivity contribution in [1.82, 2.24) is 59.9 Å². The van der Waals surface area contributed by atoms with E-state index in [1.807, 2.05) is 34.1 Å². The van der Waals surface area contributed by atoms with Gasteiger partial charge in [-0.05, 0) is 119 Å². The number of benzene rings is 8. The number of methoxy groups -OCH3 is 4. The summed E-state index contributed by atoms with van der Waals surface area (Å²) in [5.41, 5.74) is 4.53. The van der Waals surface area contributed by atoms with Gasteiger partial charge in [0.05, 0.1) is 122 Å². The summed E-state index contributed by atoms with van der Waals surface area (Å²) in [7, 11) is 12.0. The molecule has 12 aromatic rings. The molecule has 4 aromatic heterocycles. The van der Waals surface area contributed by atoms with Crippen LogP contribution in [-0.4, -0.2) is 229 Å². The van der Waals surface area contributed by atoms with E-state index in [4.69, 9.17) is 61.1 Å². The maximum Gasteiger partial charge on any atom is 0.415 e. The van der Waals surface area contributed by atoms with Crippen LogP contribution in [0.25, 0.3) is 43.6 Å². The highest BCUT2D eigenvalue weighted by Crippen LogP contribution is 2.47. The van der Waals surface area contributed by atoms with Crippen LogP contribution in [0.2, 0.25) is 10.0 Å². The van der Waals surface area contributed by atoms with E-state index < -0.39 is 69.3 Å². The van der Waals surface area contributed by atoms with Gasteiger partial charge in [-0.1, -0.05) is 41.4 Å². The summed E-state index contributed by atoms with van der Waals surface area (Å²) in [5.74, 6) is 0.387. The number of anilines is 12. The van der Waals surface area contributed by atoms with Crippen LogP contribution in [0.3, 0.4) is 0 Å². The summed E-state index contributed by atoms with van der Waals surface area (Å²) < 4.78 is 116. The lowest BCUT2D eigenvalue weighted by Crippen LogP contribution is -2.62. The van der Waals surface area contributed by atoms with Gasteiger partial charge in [0.2, 0.25) is 0 Å². The molecule has 0 aliphatic carbocycles. The summed E-state index contributed by atoms with van der Waals surface area (Å²) in [5, 5.41) is 17.1. The lowest BCUT2D eigenvalue weighted by molar-refractivity contribution is -0.0603. The molecule has 0 bridgehead atoms. The van der Waals surface area contributed by atoms with Crippen molar-refractivity contribution in [2.24, 2.45) is 0 Å². The first-order valence-corrected chi connectivity index (χ1v) is 39.6. The molecule has 5 N–H and O–H groups in total. The average Bonchev–Trinajstić information content (AvgIpc) is 1.57. The molecule has 0 unspecified atom stereocenters. The number of hydrogen-bond acceptors (Lipinski definition) is 28. The molecule has 0 atom stereocenters. The molecule has 8 aromatic carbocycles. The standard InChI is InChI=1S/2C22H22FN5O3.C21H18ClF2N5O3.C20H17ClFN5O3/c1-13-4-5-16(15(23)6-13)26-20-14-7-18(19(30-3)8-17(14)24-12-25-20)28-11-22(31-21(28)29)9-27(2)10-22;1-13-5-4-6-15(19(13)23)26-20-14-7-17(18(30-3)8-16(14)24-12-25-20)28-11-22(31-21(28)29)9-27(2)10-22;1-28-7-21(8-28)9-29(20(30)32-21)15-5-11-14(6-16(15)31-2)25-10-26-19(11)27-13-4-3-12(23)17(22)18(13)24;1-29-17-6-15-12(5-16(17)27-9-20(7-23-8-20)30-19(27)28)18(25-10-24-15)26-14-3-2-11(21)4-13(14)22/h2*4-8,12H,9-11H2,1-3H3,(H,24,25,26);3-6,10H,7-9H2,1-2H3,(H,25,26,27);2-6,10,23H,7-9H2,1H3,(H,24,25,26). The number of carbonyl (C=O) groups is 4. The number of aryl methyl sites for hydroxylation is 2. The Morgan fingerprint density at radius 2 is 0.710 bits per heavy atom. The number of ether oxygens (including phenoxy) is 8. The molecule has 32 nitrogen and oxygen atoms in total. The van der Waals surface area contributed by atoms with Crippen LogP contribution < -0.4 is 65.1 Å². The predicted octanol–water partition coefficient (Wildman–Crippen LogP) is 14.4. The van der Waals surface area contributed by atoms with Gasteiger partial charge in [0.15, 0.2) is 28.2 Å². The largest absolute Gasteiger partial charge is 0.494 e. The van der Waals surface area contributed by atoms with E-state index in [1.54, 1.807) is 115 Å². The van der Waals surface area contributed by atoms with E-state index >= 15 is 0 Å². The molecule has 8 aliphatic rings. The van der Waals surface area contributed by atoms with Crippen LogP contribution in [-0.2, 0) is 18.9 Å². The molecule has 8 aliphatic heterocycles. The molecule has 12 heterocycles. The highest BCUT2D eigenvalue weighted by Gasteiger charge is 2.56. The molecule has 640 valence electrons. The SMILES string of the molecule is COc1cc2ncnc(Nc3ccc(C)cc3F)c2cc1N1CC2(CN(C)C2)OC1=O.COc1cc2ncnc(Nc3ccc(Cl)cc3F)c2cc1N1CC2(CNC2)OC1=O.COc1cc2ncnc(Nc3ccc(F)c(Cl)c3F)c2cc1N1CC2(CN(C)C2)OC1=O.COc1cc2ncnc(Nc3cccc(C)c3F)c2cc1N1CC2(CN(C)C2)OC1=O. The average molecular weight is 1740 g/mol. The topological polar surface area (TPSA) is 328 Å². The number of nitrogens with one attached hydrogen (secondary N) is 5. The first-order chi connectivity index (χ1) is 59.5. The molecule has 0 radical (unpaired) electrons. The van der Waals surface area contributed by atoms with E-state index in [9.17, 15) is 41.1 Å². The molecule has 124 heavy (non-hydrogen) atoms. The van der Waals surface area contributed by atoms with E-state index in [1.165, 1.54) is 68.7 Å². The Bertz CT molecular complexity index is 6310. The second-order valence-electron chi connectivity index (χ2n) is 31.5. The van der Waals surface area contributed by atoms with Gasteiger partial charge in [-0.2, -0.15) is 0 Å². The van der Waals surface area contributed by atoms with Gasteiger partial charge in [0.1, 0.15) is 99.9 Å². The summed E-state index contributed by atoms with van der Waals surface area (Å²) in [6.07, 6.45) is 3.73. The lowest BCUT2D eigenvalue weighted by Gasteiger charge is -2.43. The van der Waals surface area contributed by atoms with Crippen molar-refractivity contribution in [3.8, 4) is 23.0 Å². The van der Waals surface area contributed by atoms with Crippen molar-refractivity contribution >= 4 is 160 Å². The lowest BCUT2D eigenvalue weighted by atomic mass is 9.95. The smallest absolute Gasteiger partial charge is 0.415 e. The van der Waals surface area contributed by atoms with E-state index in [2.05, 4.69) is 81.2 Å². The number of halogens is 7. The number of amides is 4. The molecule has 4 spiro atoms. The van der Waals surface area contributed by atoms with Gasteiger partial charge in [-0.25, -0.2) is 81.0 Å². The summed E-state index contributed by atoms with van der Waals surface area (Å²) >= 11 is 11.5. The van der Waals surface area contributed by atoms with Crippen LogP contribution in [0.4, 0.5) is 110 Å². The minimum absolute atomic E-state index is 0.0502. The zero-order valence-corrected chi connectivity index (χ0v) is 69.5. The number of likely N-dealkylation sites (N-methyl/N-ethyl adjacent to an activating group) is 3. The Morgan fingerprint density at radius 3 is 1.04 bits per heavy atom. The summed E-state index contributed by atoms with van der Waals surface area (Å²) in [4.78, 5) is 97.3. The molecule has 4 amide bonds. The highest BCUT2D eigenvalue weighted by molar-refractivity contribution is 6.31. The fourth-order valence-electron chi connectivity index (χ4n) is 16.5. The van der Waals surface area contributed by atoms with Crippen molar-refractivity contribution in [1.29, 1.82) is 0 Å². The second kappa shape index (κ2) is 32.8. The van der Waals surface area contributed by atoms with E-state index in [0.717, 1.165) is 11.6 Å². The molecular weight excluding hydrogens is 1660 g/mol. The van der Waals surface area contributed by atoms with Crippen molar-refractivity contribution in [3.05, 3.63) is 191 Å². The van der Waals surface area contributed by atoms with Gasteiger partial charge >= 0.3 is 24.4 Å². The third-order valence-electron chi connectivity index (χ3n) is 22.3. The normalized spacial score (nSPS) is 17.5. The van der Waals surface area contributed by atoms with Gasteiger partial charge in [0, 0.05) is 103 Å². The Hall–Kier alpha value is -13.3. The second-order valence-corrected chi connectivity index (χ2v) is 32.3. The minimum Gasteiger partial charge on any atom is -0.494 e. The molecule has 8 saturated heterocycles. The number of carbonyl (C=O) groups excluding carboxylic acids is 4. The number of hydrogen-bond donors (Lipinski definition) is 5. The quantitative estimate of drug-likeness (QED) is 0.0341. The molecule has 8 fully saturated rings. The number of aromatic nitrogens is 8. The third kappa shape index (κ3) is 15.9. The Labute approximate surface area is 714 Å². The Morgan fingerprint density at radius 1 is 0.379 bits per heavy atom. The van der Waals surface area contributed by atoms with Crippen molar-refractivity contribution in [3.63, 3.8) is 0 Å². The van der Waals surface area contributed by atoms with E-state index in [0.29, 0.717) is 207 Å². The maximum atomic E-state index is 14.5. The summed E-state index contributed by atoms with van der Waals surface area (Å²) in [6, 6.07) is 30.5. The fourth-order valence-corrected chi connectivity index (χ4v) is 16.8. The van der Waals surface area contributed by atoms with Crippen LogP contribution in [0.15, 0.2) is 141 Å². The Balaban J connectivity index is 0.000000117. The fraction of sp³-hybridized carbons (Fsp3) is 0.294. The number of fused-ring (bicyclic) bond motifs is 4. The predicted molar refractivity (Wildman–Crippen MR) is 454 cm³/mol. The van der Waals surface area contributed by atoms with Gasteiger partial charge < -0.3 is 64.5 Å². The van der Waals surface area contributed by atoms with Gasteiger partial charge in [0.25, 0.3) is 0 Å².